The van der Waals surface area contributed by atoms with Gasteiger partial charge < -0.3 is 26.4 Å². The topological polar surface area (TPSA) is 142 Å². The van der Waals surface area contributed by atoms with Gasteiger partial charge in [-0.1, -0.05) is 61.3 Å². The van der Waals surface area contributed by atoms with Crippen molar-refractivity contribution in [1.82, 2.24) is 15.5 Å². The quantitative estimate of drug-likeness (QED) is 0.388. The molecule has 1 saturated heterocycles. The van der Waals surface area contributed by atoms with Gasteiger partial charge in [-0.05, 0) is 35.0 Å². The van der Waals surface area contributed by atoms with E-state index in [1.165, 1.54) is 0 Å². The molecule has 34 heavy (non-hydrogen) atoms. The summed E-state index contributed by atoms with van der Waals surface area (Å²) < 4.78 is 0. The van der Waals surface area contributed by atoms with E-state index in [1.54, 1.807) is 18.7 Å². The van der Waals surface area contributed by atoms with Crippen LogP contribution in [0.1, 0.15) is 67.7 Å². The zero-order valence-electron chi connectivity index (χ0n) is 21.6. The summed E-state index contributed by atoms with van der Waals surface area (Å²) in [5.41, 5.74) is 4.68. The summed E-state index contributed by atoms with van der Waals surface area (Å²) in [7, 11) is 0. The lowest BCUT2D eigenvalue weighted by molar-refractivity contribution is -0.146. The average Bonchev–Trinajstić information content (AvgIpc) is 3.56. The summed E-state index contributed by atoms with van der Waals surface area (Å²) in [5.74, 6) is -1.52. The van der Waals surface area contributed by atoms with Crippen molar-refractivity contribution in [1.29, 1.82) is 0 Å². The Morgan fingerprint density at radius 1 is 1.12 bits per heavy atom. The number of carbonyl (C=O) groups is 4. The Balaban J connectivity index is 1.84. The molecule has 1 heterocycles. The van der Waals surface area contributed by atoms with Crippen molar-refractivity contribution >= 4 is 23.6 Å². The van der Waals surface area contributed by atoms with Gasteiger partial charge in [-0.25, -0.2) is 0 Å². The summed E-state index contributed by atoms with van der Waals surface area (Å²) in [6.07, 6.45) is 0.979. The highest BCUT2D eigenvalue weighted by Gasteiger charge is 2.69. The smallest absolute Gasteiger partial charge is 0.248 e. The fourth-order valence-electron chi connectivity index (χ4n) is 5.38. The van der Waals surface area contributed by atoms with Crippen LogP contribution in [-0.2, 0) is 19.2 Å². The van der Waals surface area contributed by atoms with Crippen molar-refractivity contribution in [3.63, 3.8) is 0 Å². The van der Waals surface area contributed by atoms with E-state index in [0.717, 1.165) is 12.8 Å². The Bertz CT molecular complexity index is 845. The summed E-state index contributed by atoms with van der Waals surface area (Å²) in [5, 5.41) is 16.1. The van der Waals surface area contributed by atoms with Crippen molar-refractivity contribution in [2.24, 2.45) is 40.2 Å². The third-order valence-corrected chi connectivity index (χ3v) is 7.97. The molecule has 2 aliphatic carbocycles. The van der Waals surface area contributed by atoms with Gasteiger partial charge in [-0.3, -0.25) is 19.2 Å². The number of amides is 4. The van der Waals surface area contributed by atoms with Crippen LogP contribution in [0, 0.1) is 34.5 Å². The second-order valence-corrected chi connectivity index (χ2v) is 12.5. The minimum atomic E-state index is -1.48. The second kappa shape index (κ2) is 9.13. The molecule has 0 aromatic carbocycles. The maximum absolute atomic E-state index is 13.8. The Kier molecular flexibility index (Phi) is 7.10. The molecule has 1 aliphatic heterocycles. The van der Waals surface area contributed by atoms with Crippen molar-refractivity contribution in [3.8, 4) is 0 Å². The predicted molar refractivity (Wildman–Crippen MR) is 127 cm³/mol. The lowest BCUT2D eigenvalue weighted by Crippen LogP contribution is -2.61. The van der Waals surface area contributed by atoms with Crippen LogP contribution in [0.3, 0.4) is 0 Å². The van der Waals surface area contributed by atoms with Crippen LogP contribution in [0.4, 0.5) is 0 Å². The molecule has 0 bridgehead atoms. The third kappa shape index (κ3) is 5.24. The number of fused-ring (bicyclic) bond motifs is 1. The molecule has 9 heteroatoms. The van der Waals surface area contributed by atoms with Crippen LogP contribution in [0.25, 0.3) is 0 Å². The second-order valence-electron chi connectivity index (χ2n) is 12.5. The zero-order valence-corrected chi connectivity index (χ0v) is 21.6. The van der Waals surface area contributed by atoms with E-state index in [2.05, 4.69) is 24.5 Å². The van der Waals surface area contributed by atoms with E-state index in [1.807, 2.05) is 20.8 Å². The number of carbonyl (C=O) groups excluding carboxylic acids is 4. The Hall–Kier alpha value is -2.16. The summed E-state index contributed by atoms with van der Waals surface area (Å²) in [4.78, 5) is 53.1. The first-order valence-electron chi connectivity index (χ1n) is 12.5. The summed E-state index contributed by atoms with van der Waals surface area (Å²) in [6, 6.07) is -2.29. The van der Waals surface area contributed by atoms with E-state index in [-0.39, 0.29) is 40.9 Å². The number of aliphatic hydroxyl groups excluding tert-OH is 1. The number of hydrogen-bond donors (Lipinski definition) is 4. The number of nitrogens with two attached hydrogens (primary N) is 1. The largest absolute Gasteiger partial charge is 0.381 e. The van der Waals surface area contributed by atoms with E-state index < -0.39 is 35.6 Å². The van der Waals surface area contributed by atoms with Crippen LogP contribution in [0.15, 0.2) is 0 Å². The first kappa shape index (κ1) is 26.4. The van der Waals surface area contributed by atoms with Gasteiger partial charge in [0.1, 0.15) is 12.1 Å². The molecule has 4 amide bonds. The highest BCUT2D eigenvalue weighted by atomic mass is 16.3. The number of likely N-dealkylation sites (tertiary alicyclic amines) is 1. The van der Waals surface area contributed by atoms with Crippen LogP contribution in [0.5, 0.6) is 0 Å². The van der Waals surface area contributed by atoms with E-state index >= 15 is 0 Å². The number of nitrogens with zero attached hydrogens (tertiary/aromatic N) is 1. The molecule has 0 radical (unpaired) electrons. The van der Waals surface area contributed by atoms with Gasteiger partial charge in [-0.15, -0.1) is 0 Å². The number of nitrogens with one attached hydrogen (secondary N) is 2. The number of rotatable bonds is 9. The molecule has 3 aliphatic rings. The molecule has 0 aromatic heterocycles. The standard InChI is InChI=1S/C25H42N4O5/c1-12(2)21(32)28-19(24(3,4)5)23(34)29-11-14-16(25(14,6)7)17(29)22(33)27-15(10-13-8-9-13)18(30)20(26)31/h12-19,30H,8-11H2,1-7H3,(H2,26,31)(H,27,33)(H,28,32)/t14-,15?,16-,17-,18?,19?/m0/s1. The van der Waals surface area contributed by atoms with Crippen LogP contribution in [0.2, 0.25) is 0 Å². The molecule has 3 fully saturated rings. The predicted octanol–water partition coefficient (Wildman–Crippen LogP) is 0.787. The Morgan fingerprint density at radius 3 is 2.18 bits per heavy atom. The van der Waals surface area contributed by atoms with Gasteiger partial charge in [0.05, 0.1) is 6.04 Å². The van der Waals surface area contributed by atoms with E-state index in [4.69, 9.17) is 5.73 Å². The molecular weight excluding hydrogens is 436 g/mol. The fourth-order valence-corrected chi connectivity index (χ4v) is 5.38. The normalized spacial score (nSPS) is 28.0. The van der Waals surface area contributed by atoms with Gasteiger partial charge in [0.2, 0.25) is 23.6 Å². The van der Waals surface area contributed by atoms with Gasteiger partial charge in [0, 0.05) is 12.5 Å². The lowest BCUT2D eigenvalue weighted by Gasteiger charge is -2.38. The minimum absolute atomic E-state index is 0.0230. The van der Waals surface area contributed by atoms with Crippen molar-refractivity contribution < 1.29 is 24.3 Å². The van der Waals surface area contributed by atoms with Gasteiger partial charge in [-0.2, -0.15) is 0 Å². The fraction of sp³-hybridized carbons (Fsp3) is 0.840. The number of primary amides is 1. The monoisotopic (exact) mass is 478 g/mol. The molecular formula is C25H42N4O5. The SMILES string of the molecule is CC(C)C(=O)NC(C(=O)N1C[C@H]2[C@@H]([C@H]1C(=O)NC(CC1CC1)C(O)C(N)=O)C2(C)C)C(C)(C)C. The first-order chi connectivity index (χ1) is 15.6. The highest BCUT2D eigenvalue weighted by Crippen LogP contribution is 2.65. The van der Waals surface area contributed by atoms with Crippen LogP contribution in [-0.4, -0.2) is 64.4 Å². The van der Waals surface area contributed by atoms with Crippen LogP contribution < -0.4 is 16.4 Å². The number of aliphatic hydroxyl groups is 1. The summed E-state index contributed by atoms with van der Waals surface area (Å²) >= 11 is 0. The molecule has 3 rings (SSSR count). The van der Waals surface area contributed by atoms with Gasteiger partial charge >= 0.3 is 0 Å². The van der Waals surface area contributed by atoms with Gasteiger partial charge in [0.25, 0.3) is 0 Å². The summed E-state index contributed by atoms with van der Waals surface area (Å²) in [6.45, 7) is 13.8. The first-order valence-corrected chi connectivity index (χ1v) is 12.5. The number of hydrogen-bond acceptors (Lipinski definition) is 5. The minimum Gasteiger partial charge on any atom is -0.381 e. The Labute approximate surface area is 202 Å². The molecule has 3 unspecified atom stereocenters. The van der Waals surface area contributed by atoms with Gasteiger partial charge in [0.15, 0.2) is 6.10 Å². The van der Waals surface area contributed by atoms with Crippen molar-refractivity contribution in [3.05, 3.63) is 0 Å². The molecule has 9 nitrogen and oxygen atoms in total. The lowest BCUT2D eigenvalue weighted by atomic mass is 9.84. The molecule has 2 saturated carbocycles. The highest BCUT2D eigenvalue weighted by molar-refractivity contribution is 5.94. The van der Waals surface area contributed by atoms with E-state index in [9.17, 15) is 24.3 Å². The molecule has 0 aromatic rings. The average molecular weight is 479 g/mol. The molecule has 0 spiro atoms. The molecule has 5 N–H and O–H groups in total. The van der Waals surface area contributed by atoms with Crippen molar-refractivity contribution in [2.75, 3.05) is 6.54 Å². The maximum atomic E-state index is 13.8. The van der Waals surface area contributed by atoms with E-state index in [0.29, 0.717) is 18.9 Å². The third-order valence-electron chi connectivity index (χ3n) is 7.97. The molecule has 192 valence electrons. The zero-order chi connectivity index (χ0) is 25.7. The molecule has 6 atom stereocenters. The Morgan fingerprint density at radius 2 is 1.71 bits per heavy atom. The number of piperidine rings is 1. The van der Waals surface area contributed by atoms with Crippen molar-refractivity contribution in [2.45, 2.75) is 92.0 Å². The maximum Gasteiger partial charge on any atom is 0.248 e. The van der Waals surface area contributed by atoms with Crippen LogP contribution >= 0.6 is 0 Å².